The molecule has 0 N–H and O–H groups in total. The van der Waals surface area contributed by atoms with E-state index >= 15 is 0 Å². The zero-order valence-corrected chi connectivity index (χ0v) is 19.5. The van der Waals surface area contributed by atoms with Crippen molar-refractivity contribution in [2.45, 2.75) is 13.3 Å². The number of halogens is 1. The Morgan fingerprint density at radius 3 is 2.36 bits per heavy atom. The van der Waals surface area contributed by atoms with E-state index in [1.807, 2.05) is 43.3 Å². The van der Waals surface area contributed by atoms with Crippen LogP contribution in [0.1, 0.15) is 23.7 Å². The van der Waals surface area contributed by atoms with Gasteiger partial charge in [-0.25, -0.2) is 9.78 Å². The summed E-state index contributed by atoms with van der Waals surface area (Å²) in [6.07, 6.45) is 0.462. The normalized spacial score (nSPS) is 13.8. The summed E-state index contributed by atoms with van der Waals surface area (Å²) in [5, 5.41) is 1.36. The van der Waals surface area contributed by atoms with Crippen LogP contribution in [-0.2, 0) is 4.74 Å². The fourth-order valence-corrected chi connectivity index (χ4v) is 4.05. The third-order valence-corrected chi connectivity index (χ3v) is 5.96. The van der Waals surface area contributed by atoms with Crippen molar-refractivity contribution in [1.29, 1.82) is 0 Å². The smallest absolute Gasteiger partial charge is 0.409 e. The minimum Gasteiger partial charge on any atom is -0.497 e. The highest BCUT2D eigenvalue weighted by molar-refractivity contribution is 6.35. The zero-order valence-electron chi connectivity index (χ0n) is 18.7. The number of nitrogens with zero attached hydrogens (tertiary/aromatic N) is 3. The number of piperazine rings is 1. The quantitative estimate of drug-likeness (QED) is 0.535. The minimum absolute atomic E-state index is 0.0914. The average Bonchev–Trinajstić information content (AvgIpc) is 2.86. The molecule has 0 aliphatic carbocycles. The van der Waals surface area contributed by atoms with Gasteiger partial charge in [0, 0.05) is 42.7 Å². The Kier molecular flexibility index (Phi) is 6.99. The molecule has 1 aliphatic heterocycles. The van der Waals surface area contributed by atoms with E-state index in [2.05, 4.69) is 0 Å². The number of aromatic nitrogens is 1. The Balaban J connectivity index is 1.52. The number of amides is 2. The second-order valence-corrected chi connectivity index (χ2v) is 8.25. The maximum Gasteiger partial charge on any atom is 0.409 e. The van der Waals surface area contributed by atoms with Crippen LogP contribution in [0.3, 0.4) is 0 Å². The van der Waals surface area contributed by atoms with Crippen LogP contribution in [-0.4, -0.2) is 66.7 Å². The summed E-state index contributed by atoms with van der Waals surface area (Å²) in [6.45, 7) is 4.18. The van der Waals surface area contributed by atoms with Crippen LogP contribution >= 0.6 is 11.6 Å². The van der Waals surface area contributed by atoms with Gasteiger partial charge in [0.25, 0.3) is 5.91 Å². The van der Waals surface area contributed by atoms with E-state index in [0.29, 0.717) is 48.9 Å². The van der Waals surface area contributed by atoms with Crippen LogP contribution in [0, 0.1) is 0 Å². The Morgan fingerprint density at radius 2 is 1.70 bits per heavy atom. The van der Waals surface area contributed by atoms with Crippen LogP contribution < -0.4 is 4.74 Å². The summed E-state index contributed by atoms with van der Waals surface area (Å²) in [7, 11) is 1.62. The van der Waals surface area contributed by atoms with Crippen LogP contribution in [0.2, 0.25) is 5.02 Å². The van der Waals surface area contributed by atoms with E-state index < -0.39 is 0 Å². The topological polar surface area (TPSA) is 72.0 Å². The number of hydrogen-bond acceptors (Lipinski definition) is 5. The Morgan fingerprint density at radius 1 is 1.00 bits per heavy atom. The van der Waals surface area contributed by atoms with E-state index in [1.165, 1.54) is 0 Å². The fourth-order valence-electron chi connectivity index (χ4n) is 3.78. The first-order valence-electron chi connectivity index (χ1n) is 11.0. The predicted octanol–water partition coefficient (Wildman–Crippen LogP) is 4.87. The summed E-state index contributed by atoms with van der Waals surface area (Å²) in [5.41, 5.74) is 2.82. The maximum atomic E-state index is 13.1. The molecule has 172 valence electrons. The number of carbonyl (C=O) groups is 2. The monoisotopic (exact) mass is 467 g/mol. The average molecular weight is 468 g/mol. The van der Waals surface area contributed by atoms with Gasteiger partial charge in [-0.15, -0.1) is 0 Å². The second-order valence-electron chi connectivity index (χ2n) is 7.84. The van der Waals surface area contributed by atoms with Crippen LogP contribution in [0.5, 0.6) is 5.75 Å². The lowest BCUT2D eigenvalue weighted by Crippen LogP contribution is -2.50. The van der Waals surface area contributed by atoms with Crippen molar-refractivity contribution in [2.24, 2.45) is 0 Å². The molecule has 7 nitrogen and oxygen atoms in total. The van der Waals surface area contributed by atoms with Crippen molar-refractivity contribution in [1.82, 2.24) is 14.8 Å². The second kappa shape index (κ2) is 10.1. The highest BCUT2D eigenvalue weighted by atomic mass is 35.5. The molecule has 0 atom stereocenters. The lowest BCUT2D eigenvalue weighted by Gasteiger charge is -2.34. The van der Waals surface area contributed by atoms with Gasteiger partial charge in [-0.2, -0.15) is 0 Å². The molecule has 0 bridgehead atoms. The number of ether oxygens (including phenoxy) is 2. The first-order chi connectivity index (χ1) is 16.0. The van der Waals surface area contributed by atoms with Gasteiger partial charge in [0.2, 0.25) is 0 Å². The number of fused-ring (bicyclic) bond motifs is 1. The lowest BCUT2D eigenvalue weighted by molar-refractivity contribution is 0.0560. The summed E-state index contributed by atoms with van der Waals surface area (Å²) in [5.74, 6) is 0.670. The molecular weight excluding hydrogens is 442 g/mol. The summed E-state index contributed by atoms with van der Waals surface area (Å²) in [4.78, 5) is 33.3. The third-order valence-electron chi connectivity index (χ3n) is 5.65. The largest absolute Gasteiger partial charge is 0.497 e. The SMILES string of the molecule is CCCOC(=O)N1CCN(C(=O)c2ccc3c(Cl)cc(-c4ccc(OC)cc4)nc3c2)CC1. The van der Waals surface area contributed by atoms with Gasteiger partial charge < -0.3 is 19.3 Å². The number of rotatable bonds is 5. The van der Waals surface area contributed by atoms with Crippen molar-refractivity contribution in [3.05, 3.63) is 59.1 Å². The Bertz CT molecular complexity index is 1160. The van der Waals surface area contributed by atoms with E-state index in [-0.39, 0.29) is 12.0 Å². The third kappa shape index (κ3) is 5.03. The van der Waals surface area contributed by atoms with Crippen LogP contribution in [0.25, 0.3) is 22.2 Å². The number of hydrogen-bond donors (Lipinski definition) is 0. The van der Waals surface area contributed by atoms with E-state index in [0.717, 1.165) is 28.8 Å². The number of pyridine rings is 1. The molecule has 1 saturated heterocycles. The van der Waals surface area contributed by atoms with E-state index in [4.69, 9.17) is 26.1 Å². The minimum atomic E-state index is -0.320. The molecule has 0 radical (unpaired) electrons. The van der Waals surface area contributed by atoms with Crippen molar-refractivity contribution in [2.75, 3.05) is 39.9 Å². The van der Waals surface area contributed by atoms with Gasteiger partial charge in [-0.1, -0.05) is 24.6 Å². The van der Waals surface area contributed by atoms with Gasteiger partial charge in [0.1, 0.15) is 5.75 Å². The molecule has 0 spiro atoms. The molecular formula is C25H26ClN3O4. The first-order valence-corrected chi connectivity index (χ1v) is 11.3. The Labute approximate surface area is 197 Å². The van der Waals surface area contributed by atoms with Gasteiger partial charge in [0.05, 0.1) is 29.9 Å². The molecule has 3 aromatic rings. The van der Waals surface area contributed by atoms with Crippen molar-refractivity contribution in [3.8, 4) is 17.0 Å². The summed E-state index contributed by atoms with van der Waals surface area (Å²) < 4.78 is 10.4. The molecule has 0 unspecified atom stereocenters. The van der Waals surface area contributed by atoms with E-state index in [1.54, 1.807) is 29.0 Å². The molecule has 4 rings (SSSR count). The summed E-state index contributed by atoms with van der Waals surface area (Å²) >= 11 is 6.52. The van der Waals surface area contributed by atoms with Crippen LogP contribution in [0.4, 0.5) is 4.79 Å². The summed E-state index contributed by atoms with van der Waals surface area (Å²) in [6, 6.07) is 14.8. The molecule has 1 fully saturated rings. The van der Waals surface area contributed by atoms with Crippen LogP contribution in [0.15, 0.2) is 48.5 Å². The molecule has 2 aromatic carbocycles. The lowest BCUT2D eigenvalue weighted by atomic mass is 10.1. The van der Waals surface area contributed by atoms with Gasteiger partial charge in [-0.05, 0) is 48.9 Å². The highest BCUT2D eigenvalue weighted by Crippen LogP contribution is 2.30. The van der Waals surface area contributed by atoms with Gasteiger partial charge >= 0.3 is 6.09 Å². The maximum absolute atomic E-state index is 13.1. The molecule has 1 aromatic heterocycles. The van der Waals surface area contributed by atoms with Crippen molar-refractivity contribution >= 4 is 34.5 Å². The molecule has 0 saturated carbocycles. The zero-order chi connectivity index (χ0) is 23.4. The number of benzene rings is 2. The van der Waals surface area contributed by atoms with Crippen molar-refractivity contribution in [3.63, 3.8) is 0 Å². The molecule has 2 amide bonds. The highest BCUT2D eigenvalue weighted by Gasteiger charge is 2.26. The van der Waals surface area contributed by atoms with Crippen molar-refractivity contribution < 1.29 is 19.1 Å². The van der Waals surface area contributed by atoms with Gasteiger partial charge in [-0.3, -0.25) is 4.79 Å². The number of carbonyl (C=O) groups excluding carboxylic acids is 2. The van der Waals surface area contributed by atoms with E-state index in [9.17, 15) is 9.59 Å². The standard InChI is InChI=1S/C25H26ClN3O4/c1-3-14-33-25(31)29-12-10-28(11-13-29)24(30)18-6-9-20-21(26)16-22(27-23(20)15-18)17-4-7-19(32-2)8-5-17/h4-9,15-16H,3,10-14H2,1-2H3. The molecule has 2 heterocycles. The Hall–Kier alpha value is -3.32. The fraction of sp³-hybridized carbons (Fsp3) is 0.320. The number of methoxy groups -OCH3 is 1. The van der Waals surface area contributed by atoms with Gasteiger partial charge in [0.15, 0.2) is 0 Å². The first kappa shape index (κ1) is 22.9. The molecule has 1 aliphatic rings. The molecule has 33 heavy (non-hydrogen) atoms. The predicted molar refractivity (Wildman–Crippen MR) is 128 cm³/mol. The molecule has 8 heteroatoms.